The first-order chi connectivity index (χ1) is 19.0. The van der Waals surface area contributed by atoms with Crippen molar-refractivity contribution in [2.45, 2.75) is 32.7 Å². The van der Waals surface area contributed by atoms with Crippen molar-refractivity contribution in [1.82, 2.24) is 14.5 Å². The van der Waals surface area contributed by atoms with Crippen LogP contribution in [0, 0.1) is 0 Å². The number of benzene rings is 3. The van der Waals surface area contributed by atoms with Gasteiger partial charge in [0, 0.05) is 12.1 Å². The lowest BCUT2D eigenvalue weighted by molar-refractivity contribution is 0.0601. The summed E-state index contributed by atoms with van der Waals surface area (Å²) < 4.78 is 30.0. The molecule has 0 aliphatic carbocycles. The van der Waals surface area contributed by atoms with Crippen molar-refractivity contribution in [2.75, 3.05) is 28.4 Å². The number of aryl methyl sites for hydroxylation is 1. The van der Waals surface area contributed by atoms with E-state index in [4.69, 9.17) is 33.3 Å². The second-order valence-corrected chi connectivity index (χ2v) is 9.08. The van der Waals surface area contributed by atoms with Crippen molar-refractivity contribution >= 4 is 28.1 Å². The number of imidazole rings is 1. The first kappa shape index (κ1) is 26.1. The Balaban J connectivity index is 1.67. The SMILES string of the molecule is CCCCCn1c(-c2cccc3nc(-c4cc(OC)c(OC)c(OC)c4)oc23)nc2cc(C(=O)OC)ccc21. The van der Waals surface area contributed by atoms with Crippen molar-refractivity contribution < 1.29 is 28.2 Å². The molecular weight excluding hydrogens is 498 g/mol. The molecule has 0 aliphatic rings. The standard InChI is InChI=1S/C30H31N3O6/c1-6-7-8-14-33-23-13-12-18(30(34)38-5)15-22(23)31-28(33)20-10-9-11-21-26(20)39-29(32-21)19-16-24(35-2)27(37-4)25(17-19)36-3/h9-13,15-17H,6-8,14H2,1-5H3. The highest BCUT2D eigenvalue weighted by atomic mass is 16.5. The molecule has 0 bridgehead atoms. The average molecular weight is 530 g/mol. The molecule has 0 N–H and O–H groups in total. The molecule has 9 nitrogen and oxygen atoms in total. The number of fused-ring (bicyclic) bond motifs is 2. The molecule has 5 rings (SSSR count). The first-order valence-electron chi connectivity index (χ1n) is 12.8. The van der Waals surface area contributed by atoms with Crippen LogP contribution < -0.4 is 14.2 Å². The molecule has 2 aromatic heterocycles. The third kappa shape index (κ3) is 4.76. The van der Waals surface area contributed by atoms with E-state index in [-0.39, 0.29) is 0 Å². The summed E-state index contributed by atoms with van der Waals surface area (Å²) in [6.45, 7) is 2.96. The van der Waals surface area contributed by atoms with Crippen LogP contribution in [-0.2, 0) is 11.3 Å². The van der Waals surface area contributed by atoms with Gasteiger partial charge in [-0.1, -0.05) is 25.8 Å². The zero-order chi connectivity index (χ0) is 27.5. The quantitative estimate of drug-likeness (QED) is 0.149. The van der Waals surface area contributed by atoms with E-state index < -0.39 is 5.97 Å². The Morgan fingerprint density at radius 3 is 2.33 bits per heavy atom. The molecule has 5 aromatic rings. The molecule has 0 amide bonds. The lowest BCUT2D eigenvalue weighted by Gasteiger charge is -2.12. The van der Waals surface area contributed by atoms with Gasteiger partial charge in [-0.3, -0.25) is 0 Å². The van der Waals surface area contributed by atoms with Crippen molar-refractivity contribution in [2.24, 2.45) is 0 Å². The number of carbonyl (C=O) groups is 1. The van der Waals surface area contributed by atoms with Gasteiger partial charge in [0.05, 0.1) is 50.6 Å². The van der Waals surface area contributed by atoms with Gasteiger partial charge in [-0.15, -0.1) is 0 Å². The van der Waals surface area contributed by atoms with Gasteiger partial charge >= 0.3 is 5.97 Å². The molecular formula is C30H31N3O6. The third-order valence-electron chi connectivity index (χ3n) is 6.72. The summed E-state index contributed by atoms with van der Waals surface area (Å²) in [5, 5.41) is 0. The van der Waals surface area contributed by atoms with Crippen molar-refractivity contribution in [3.8, 4) is 40.1 Å². The van der Waals surface area contributed by atoms with E-state index in [0.29, 0.717) is 50.9 Å². The van der Waals surface area contributed by atoms with Gasteiger partial charge in [0.2, 0.25) is 11.6 Å². The van der Waals surface area contributed by atoms with Gasteiger partial charge in [0.25, 0.3) is 0 Å². The molecule has 0 unspecified atom stereocenters. The number of aromatic nitrogens is 3. The van der Waals surface area contributed by atoms with Crippen LogP contribution in [0.2, 0.25) is 0 Å². The molecule has 0 fully saturated rings. The molecule has 202 valence electrons. The predicted molar refractivity (Wildman–Crippen MR) is 149 cm³/mol. The Hall–Kier alpha value is -4.53. The Kier molecular flexibility index (Phi) is 7.40. The van der Waals surface area contributed by atoms with E-state index in [2.05, 4.69) is 11.5 Å². The molecule has 39 heavy (non-hydrogen) atoms. The minimum Gasteiger partial charge on any atom is -0.493 e. The van der Waals surface area contributed by atoms with E-state index >= 15 is 0 Å². The summed E-state index contributed by atoms with van der Waals surface area (Å²) in [4.78, 5) is 21.9. The minimum atomic E-state index is -0.397. The average Bonchev–Trinajstić information content (AvgIpc) is 3.57. The molecule has 0 spiro atoms. The zero-order valence-corrected chi connectivity index (χ0v) is 22.7. The molecule has 0 saturated heterocycles. The molecule has 3 aromatic carbocycles. The fraction of sp³-hybridized carbons (Fsp3) is 0.300. The zero-order valence-electron chi connectivity index (χ0n) is 22.7. The van der Waals surface area contributed by atoms with E-state index in [9.17, 15) is 4.79 Å². The number of oxazole rings is 1. The van der Waals surface area contributed by atoms with Crippen LogP contribution in [0.4, 0.5) is 0 Å². The Morgan fingerprint density at radius 1 is 0.897 bits per heavy atom. The molecule has 0 radical (unpaired) electrons. The Labute approximate surface area is 226 Å². The van der Waals surface area contributed by atoms with Gasteiger partial charge < -0.3 is 27.9 Å². The summed E-state index contributed by atoms with van der Waals surface area (Å²) in [5.74, 6) is 2.28. The number of methoxy groups -OCH3 is 4. The highest BCUT2D eigenvalue weighted by molar-refractivity contribution is 5.96. The monoisotopic (exact) mass is 529 g/mol. The van der Waals surface area contributed by atoms with Crippen LogP contribution in [0.1, 0.15) is 36.5 Å². The van der Waals surface area contributed by atoms with Gasteiger partial charge in [-0.25, -0.2) is 14.8 Å². The highest BCUT2D eigenvalue weighted by Crippen LogP contribution is 2.42. The number of ether oxygens (including phenoxy) is 4. The second-order valence-electron chi connectivity index (χ2n) is 9.08. The van der Waals surface area contributed by atoms with Crippen LogP contribution in [0.3, 0.4) is 0 Å². The van der Waals surface area contributed by atoms with Crippen molar-refractivity contribution in [3.63, 3.8) is 0 Å². The summed E-state index contributed by atoms with van der Waals surface area (Å²) >= 11 is 0. The van der Waals surface area contributed by atoms with E-state index in [0.717, 1.165) is 42.7 Å². The predicted octanol–water partition coefficient (Wildman–Crippen LogP) is 6.51. The van der Waals surface area contributed by atoms with Gasteiger partial charge in [-0.2, -0.15) is 0 Å². The third-order valence-corrected chi connectivity index (χ3v) is 6.72. The largest absolute Gasteiger partial charge is 0.493 e. The summed E-state index contributed by atoms with van der Waals surface area (Å²) in [6, 6.07) is 14.9. The van der Waals surface area contributed by atoms with E-state index in [1.165, 1.54) is 7.11 Å². The highest BCUT2D eigenvalue weighted by Gasteiger charge is 2.22. The second kappa shape index (κ2) is 11.1. The van der Waals surface area contributed by atoms with Gasteiger partial charge in [-0.05, 0) is 48.9 Å². The lowest BCUT2D eigenvalue weighted by atomic mass is 10.1. The van der Waals surface area contributed by atoms with Crippen molar-refractivity contribution in [1.29, 1.82) is 0 Å². The summed E-state index contributed by atoms with van der Waals surface area (Å²) in [7, 11) is 6.07. The minimum absolute atomic E-state index is 0.397. The fourth-order valence-corrected chi connectivity index (χ4v) is 4.78. The van der Waals surface area contributed by atoms with Crippen LogP contribution in [0.15, 0.2) is 52.9 Å². The topological polar surface area (TPSA) is 97.8 Å². The Morgan fingerprint density at radius 2 is 1.67 bits per heavy atom. The maximum Gasteiger partial charge on any atom is 0.337 e. The van der Waals surface area contributed by atoms with Gasteiger partial charge in [0.1, 0.15) is 11.3 Å². The van der Waals surface area contributed by atoms with Crippen LogP contribution >= 0.6 is 0 Å². The maximum atomic E-state index is 12.2. The van der Waals surface area contributed by atoms with E-state index in [1.54, 1.807) is 45.6 Å². The lowest BCUT2D eigenvalue weighted by Crippen LogP contribution is -2.02. The number of hydrogen-bond donors (Lipinski definition) is 0. The smallest absolute Gasteiger partial charge is 0.337 e. The number of rotatable bonds is 10. The van der Waals surface area contributed by atoms with Crippen molar-refractivity contribution in [3.05, 3.63) is 54.1 Å². The molecule has 0 aliphatic heterocycles. The maximum absolute atomic E-state index is 12.2. The van der Waals surface area contributed by atoms with Crippen LogP contribution in [0.25, 0.3) is 45.0 Å². The van der Waals surface area contributed by atoms with Gasteiger partial charge in [0.15, 0.2) is 17.1 Å². The number of esters is 1. The number of unbranched alkanes of at least 4 members (excludes halogenated alkanes) is 2. The molecule has 2 heterocycles. The fourth-order valence-electron chi connectivity index (χ4n) is 4.78. The van der Waals surface area contributed by atoms with Crippen LogP contribution in [-0.4, -0.2) is 48.9 Å². The normalized spacial score (nSPS) is 11.2. The molecule has 0 atom stereocenters. The molecule has 9 heteroatoms. The number of para-hydroxylation sites is 1. The Bertz CT molecular complexity index is 1630. The number of carbonyl (C=O) groups excluding carboxylic acids is 1. The van der Waals surface area contributed by atoms with Crippen LogP contribution in [0.5, 0.6) is 17.2 Å². The number of nitrogens with zero attached hydrogens (tertiary/aromatic N) is 3. The first-order valence-corrected chi connectivity index (χ1v) is 12.8. The molecule has 0 saturated carbocycles. The summed E-state index contributed by atoms with van der Waals surface area (Å²) in [6.07, 6.45) is 3.19. The number of hydrogen-bond acceptors (Lipinski definition) is 8. The van der Waals surface area contributed by atoms with E-state index in [1.807, 2.05) is 24.3 Å². The summed E-state index contributed by atoms with van der Waals surface area (Å²) in [5.41, 5.74) is 4.91.